The third-order valence-corrected chi connectivity index (χ3v) is 4.61. The van der Waals surface area contributed by atoms with E-state index < -0.39 is 6.04 Å². The molecule has 23 heavy (non-hydrogen) atoms. The molecule has 0 aliphatic carbocycles. The summed E-state index contributed by atoms with van der Waals surface area (Å²) in [5.41, 5.74) is 0. The van der Waals surface area contributed by atoms with Gasteiger partial charge in [-0.25, -0.2) is 0 Å². The first-order chi connectivity index (χ1) is 11.2. The topological polar surface area (TPSA) is 88.3 Å². The minimum atomic E-state index is -0.494. The van der Waals surface area contributed by atoms with Crippen LogP contribution in [0.2, 0.25) is 0 Å². The maximum Gasteiger partial charge on any atom is 0.290 e. The molecule has 0 saturated carbocycles. The quantitative estimate of drug-likeness (QED) is 0.906. The lowest BCUT2D eigenvalue weighted by Gasteiger charge is -2.22. The number of aromatic nitrogens is 2. The summed E-state index contributed by atoms with van der Waals surface area (Å²) in [5, 5.41) is 12.2. The van der Waals surface area contributed by atoms with Crippen molar-refractivity contribution in [2.75, 3.05) is 11.9 Å². The molecule has 0 radical (unpaired) electrons. The molecule has 0 aromatic carbocycles. The summed E-state index contributed by atoms with van der Waals surface area (Å²) < 4.78 is 5.14. The second-order valence-corrected chi connectivity index (χ2v) is 6.44. The van der Waals surface area contributed by atoms with Crippen LogP contribution in [0.25, 0.3) is 0 Å². The smallest absolute Gasteiger partial charge is 0.290 e. The summed E-state index contributed by atoms with van der Waals surface area (Å²) in [5.74, 6) is -0.218. The number of amides is 2. The van der Waals surface area contributed by atoms with E-state index in [1.165, 1.54) is 17.6 Å². The first kappa shape index (κ1) is 15.7. The Morgan fingerprint density at radius 1 is 1.48 bits per heavy atom. The van der Waals surface area contributed by atoms with Crippen LogP contribution in [0.5, 0.6) is 0 Å². The molecule has 1 atom stereocenters. The third-order valence-electron chi connectivity index (χ3n) is 3.71. The van der Waals surface area contributed by atoms with E-state index in [1.807, 2.05) is 0 Å². The number of rotatable bonds is 5. The Morgan fingerprint density at radius 2 is 2.35 bits per heavy atom. The fourth-order valence-corrected chi connectivity index (χ4v) is 3.48. The van der Waals surface area contributed by atoms with Gasteiger partial charge in [-0.1, -0.05) is 18.3 Å². The van der Waals surface area contributed by atoms with Crippen molar-refractivity contribution in [3.63, 3.8) is 0 Å². The third kappa shape index (κ3) is 3.42. The van der Waals surface area contributed by atoms with E-state index in [2.05, 4.69) is 22.4 Å². The van der Waals surface area contributed by atoms with E-state index in [1.54, 1.807) is 17.0 Å². The van der Waals surface area contributed by atoms with Gasteiger partial charge < -0.3 is 9.32 Å². The van der Waals surface area contributed by atoms with Crippen LogP contribution in [0.4, 0.5) is 5.13 Å². The maximum absolute atomic E-state index is 12.5. The Kier molecular flexibility index (Phi) is 4.71. The van der Waals surface area contributed by atoms with Crippen molar-refractivity contribution in [3.8, 4) is 0 Å². The number of hydrogen-bond acceptors (Lipinski definition) is 6. The standard InChI is InChI=1S/C15H18N4O3S/c1-2-5-12-17-18-15(23-12)16-13(20)10-6-3-8-19(10)14(21)11-7-4-9-22-11/h4,7,9-10H,2-3,5-6,8H2,1H3,(H,16,18,20). The number of anilines is 1. The molecule has 1 unspecified atom stereocenters. The van der Waals surface area contributed by atoms with Crippen molar-refractivity contribution < 1.29 is 14.0 Å². The van der Waals surface area contributed by atoms with Gasteiger partial charge in [0.15, 0.2) is 5.76 Å². The summed E-state index contributed by atoms with van der Waals surface area (Å²) >= 11 is 1.38. The molecule has 3 rings (SSSR count). The van der Waals surface area contributed by atoms with Crippen molar-refractivity contribution in [2.24, 2.45) is 0 Å². The summed E-state index contributed by atoms with van der Waals surface area (Å²) in [6.07, 6.45) is 4.71. The molecule has 2 aromatic heterocycles. The van der Waals surface area contributed by atoms with E-state index in [0.29, 0.717) is 18.1 Å². The zero-order valence-corrected chi connectivity index (χ0v) is 13.6. The van der Waals surface area contributed by atoms with Crippen LogP contribution >= 0.6 is 11.3 Å². The van der Waals surface area contributed by atoms with Crippen LogP contribution in [0.15, 0.2) is 22.8 Å². The van der Waals surface area contributed by atoms with Gasteiger partial charge in [0, 0.05) is 13.0 Å². The molecule has 122 valence electrons. The summed E-state index contributed by atoms with van der Waals surface area (Å²) in [7, 11) is 0. The lowest BCUT2D eigenvalue weighted by atomic mass is 10.2. The molecule has 1 N–H and O–H groups in total. The number of nitrogens with zero attached hydrogens (tertiary/aromatic N) is 3. The Bertz CT molecular complexity index is 683. The minimum Gasteiger partial charge on any atom is -0.459 e. The van der Waals surface area contributed by atoms with Crippen molar-refractivity contribution in [1.29, 1.82) is 0 Å². The van der Waals surface area contributed by atoms with Crippen LogP contribution in [0, 0.1) is 0 Å². The molecular weight excluding hydrogens is 316 g/mol. The molecule has 2 aromatic rings. The molecule has 0 spiro atoms. The fraction of sp³-hybridized carbons (Fsp3) is 0.467. The van der Waals surface area contributed by atoms with E-state index in [4.69, 9.17) is 4.42 Å². The summed E-state index contributed by atoms with van der Waals surface area (Å²) in [6.45, 7) is 2.62. The van der Waals surface area contributed by atoms with E-state index >= 15 is 0 Å². The van der Waals surface area contributed by atoms with Crippen molar-refractivity contribution in [1.82, 2.24) is 15.1 Å². The molecule has 1 fully saturated rings. The molecule has 8 heteroatoms. The van der Waals surface area contributed by atoms with Crippen LogP contribution in [-0.2, 0) is 11.2 Å². The number of carbonyl (C=O) groups excluding carboxylic acids is 2. The first-order valence-corrected chi connectivity index (χ1v) is 8.48. The molecule has 1 saturated heterocycles. The number of furan rings is 1. The second kappa shape index (κ2) is 6.91. The van der Waals surface area contributed by atoms with Crippen LogP contribution < -0.4 is 5.32 Å². The number of hydrogen-bond donors (Lipinski definition) is 1. The van der Waals surface area contributed by atoms with Crippen molar-refractivity contribution in [2.45, 2.75) is 38.6 Å². The number of aryl methyl sites for hydroxylation is 1. The van der Waals surface area contributed by atoms with Gasteiger partial charge in [0.2, 0.25) is 11.0 Å². The monoisotopic (exact) mass is 334 g/mol. The molecule has 3 heterocycles. The molecule has 1 aliphatic heterocycles. The minimum absolute atomic E-state index is 0.221. The largest absolute Gasteiger partial charge is 0.459 e. The van der Waals surface area contributed by atoms with Crippen molar-refractivity contribution in [3.05, 3.63) is 29.2 Å². The van der Waals surface area contributed by atoms with E-state index in [9.17, 15) is 9.59 Å². The lowest BCUT2D eigenvalue weighted by molar-refractivity contribution is -0.119. The number of carbonyl (C=O) groups is 2. The average molecular weight is 334 g/mol. The first-order valence-electron chi connectivity index (χ1n) is 7.66. The zero-order chi connectivity index (χ0) is 16.2. The van der Waals surface area contributed by atoms with Gasteiger partial charge in [0.1, 0.15) is 11.0 Å². The molecule has 0 bridgehead atoms. The predicted molar refractivity (Wildman–Crippen MR) is 85.3 cm³/mol. The Labute approximate surface area is 137 Å². The normalized spacial score (nSPS) is 17.4. The Morgan fingerprint density at radius 3 is 3.09 bits per heavy atom. The van der Waals surface area contributed by atoms with Gasteiger partial charge in [-0.15, -0.1) is 10.2 Å². The van der Waals surface area contributed by atoms with Gasteiger partial charge in [0.25, 0.3) is 5.91 Å². The van der Waals surface area contributed by atoms with Gasteiger partial charge in [-0.3, -0.25) is 14.9 Å². The SMILES string of the molecule is CCCc1nnc(NC(=O)C2CCCN2C(=O)c2ccco2)s1. The van der Waals surface area contributed by atoms with Crippen LogP contribution in [0.3, 0.4) is 0 Å². The zero-order valence-electron chi connectivity index (χ0n) is 12.8. The van der Waals surface area contributed by atoms with Gasteiger partial charge >= 0.3 is 0 Å². The highest BCUT2D eigenvalue weighted by atomic mass is 32.1. The van der Waals surface area contributed by atoms with Gasteiger partial charge in [-0.2, -0.15) is 0 Å². The Hall–Kier alpha value is -2.22. The molecule has 1 aliphatic rings. The summed E-state index contributed by atoms with van der Waals surface area (Å²) in [6, 6.07) is 2.78. The number of likely N-dealkylation sites (tertiary alicyclic amines) is 1. The second-order valence-electron chi connectivity index (χ2n) is 5.37. The lowest BCUT2D eigenvalue weighted by Crippen LogP contribution is -2.43. The average Bonchev–Trinajstić information content (AvgIpc) is 3.28. The number of nitrogens with one attached hydrogen (secondary N) is 1. The summed E-state index contributed by atoms with van der Waals surface area (Å²) in [4.78, 5) is 26.4. The fourth-order valence-electron chi connectivity index (χ4n) is 2.63. The highest BCUT2D eigenvalue weighted by Gasteiger charge is 2.35. The molecule has 7 nitrogen and oxygen atoms in total. The molecular formula is C15H18N4O3S. The van der Waals surface area contributed by atoms with Crippen LogP contribution in [0.1, 0.15) is 41.7 Å². The van der Waals surface area contributed by atoms with Gasteiger partial charge in [-0.05, 0) is 31.4 Å². The molecule has 2 amide bonds. The van der Waals surface area contributed by atoms with E-state index in [-0.39, 0.29) is 17.6 Å². The Balaban J connectivity index is 1.66. The van der Waals surface area contributed by atoms with Crippen LogP contribution in [-0.4, -0.2) is 39.5 Å². The highest BCUT2D eigenvalue weighted by Crippen LogP contribution is 2.23. The highest BCUT2D eigenvalue weighted by molar-refractivity contribution is 7.15. The maximum atomic E-state index is 12.5. The van der Waals surface area contributed by atoms with E-state index in [0.717, 1.165) is 24.3 Å². The predicted octanol–water partition coefficient (Wildman–Crippen LogP) is 2.33. The van der Waals surface area contributed by atoms with Gasteiger partial charge in [0.05, 0.1) is 6.26 Å². The van der Waals surface area contributed by atoms with Crippen molar-refractivity contribution >= 4 is 28.3 Å².